The van der Waals surface area contributed by atoms with Crippen molar-refractivity contribution in [3.63, 3.8) is 0 Å². The molecule has 0 heterocycles. The molecular formula is C13H20ClNS. The second kappa shape index (κ2) is 5.95. The fraction of sp³-hybridized carbons (Fsp3) is 0.538. The molecule has 0 aliphatic heterocycles. The molecule has 1 aromatic rings. The number of hydrogen-bond acceptors (Lipinski definition) is 2. The molecule has 0 bridgehead atoms. The van der Waals surface area contributed by atoms with Crippen molar-refractivity contribution in [1.29, 1.82) is 0 Å². The summed E-state index contributed by atoms with van der Waals surface area (Å²) in [6, 6.07) is 6.13. The zero-order chi connectivity index (χ0) is 12.2. The Bertz CT molecular complexity index is 344. The number of hydrogen-bond donors (Lipinski definition) is 1. The van der Waals surface area contributed by atoms with Crippen LogP contribution in [0.4, 0.5) is 0 Å². The molecule has 1 aromatic carbocycles. The van der Waals surface area contributed by atoms with Crippen molar-refractivity contribution in [1.82, 2.24) is 5.32 Å². The average molecular weight is 258 g/mol. The molecule has 0 radical (unpaired) electrons. The Morgan fingerprint density at radius 3 is 2.56 bits per heavy atom. The Labute approximate surface area is 108 Å². The summed E-state index contributed by atoms with van der Waals surface area (Å²) >= 11 is 8.11. The fourth-order valence-electron chi connectivity index (χ4n) is 1.39. The highest BCUT2D eigenvalue weighted by molar-refractivity contribution is 8.00. The van der Waals surface area contributed by atoms with Gasteiger partial charge < -0.3 is 5.32 Å². The van der Waals surface area contributed by atoms with E-state index in [1.165, 1.54) is 10.5 Å². The normalized spacial score (nSPS) is 11.8. The third-order valence-electron chi connectivity index (χ3n) is 2.04. The molecule has 0 aromatic heterocycles. The van der Waals surface area contributed by atoms with E-state index in [0.29, 0.717) is 0 Å². The van der Waals surface area contributed by atoms with Crippen LogP contribution >= 0.6 is 23.4 Å². The van der Waals surface area contributed by atoms with Crippen molar-refractivity contribution in [2.45, 2.75) is 43.9 Å². The smallest absolute Gasteiger partial charge is 0.0462 e. The molecule has 0 spiro atoms. The van der Waals surface area contributed by atoms with E-state index in [2.05, 4.69) is 39.1 Å². The fourth-order valence-corrected chi connectivity index (χ4v) is 2.79. The lowest BCUT2D eigenvalue weighted by atomic mass is 10.2. The van der Waals surface area contributed by atoms with E-state index >= 15 is 0 Å². The quantitative estimate of drug-likeness (QED) is 0.806. The van der Waals surface area contributed by atoms with Crippen LogP contribution in [-0.4, -0.2) is 11.3 Å². The highest BCUT2D eigenvalue weighted by Gasteiger charge is 2.15. The summed E-state index contributed by atoms with van der Waals surface area (Å²) in [5, 5.41) is 4.19. The van der Waals surface area contributed by atoms with Crippen molar-refractivity contribution in [2.24, 2.45) is 0 Å². The van der Waals surface area contributed by atoms with E-state index in [1.807, 2.05) is 23.9 Å². The molecule has 0 atom stereocenters. The van der Waals surface area contributed by atoms with Crippen LogP contribution in [0.3, 0.4) is 0 Å². The van der Waals surface area contributed by atoms with Gasteiger partial charge in [0.2, 0.25) is 0 Å². The molecule has 16 heavy (non-hydrogen) atoms. The number of benzene rings is 1. The van der Waals surface area contributed by atoms with Gasteiger partial charge in [-0.05, 0) is 24.2 Å². The van der Waals surface area contributed by atoms with Gasteiger partial charge in [-0.15, -0.1) is 11.8 Å². The molecular weight excluding hydrogens is 238 g/mol. The Balaban J connectivity index is 2.93. The second-order valence-electron chi connectivity index (χ2n) is 4.71. The van der Waals surface area contributed by atoms with Crippen LogP contribution in [0.2, 0.25) is 5.02 Å². The Hall–Kier alpha value is -0.180. The largest absolute Gasteiger partial charge is 0.313 e. The monoisotopic (exact) mass is 257 g/mol. The lowest BCUT2D eigenvalue weighted by Gasteiger charge is -2.20. The van der Waals surface area contributed by atoms with Crippen LogP contribution < -0.4 is 5.32 Å². The molecule has 1 nitrogen and oxygen atoms in total. The van der Waals surface area contributed by atoms with Gasteiger partial charge in [0.15, 0.2) is 0 Å². The van der Waals surface area contributed by atoms with Gasteiger partial charge in [0.1, 0.15) is 0 Å². The van der Waals surface area contributed by atoms with Crippen molar-refractivity contribution in [2.75, 3.05) is 6.54 Å². The molecule has 0 fully saturated rings. The minimum Gasteiger partial charge on any atom is -0.313 e. The first-order valence-corrected chi connectivity index (χ1v) is 6.80. The maximum atomic E-state index is 6.24. The van der Waals surface area contributed by atoms with Gasteiger partial charge in [0.25, 0.3) is 0 Å². The minimum absolute atomic E-state index is 0.214. The molecule has 0 saturated carbocycles. The Kier molecular flexibility index (Phi) is 5.16. The van der Waals surface area contributed by atoms with Crippen LogP contribution in [0.1, 0.15) is 33.3 Å². The second-order valence-corrected chi connectivity index (χ2v) is 6.99. The van der Waals surface area contributed by atoms with Crippen LogP contribution in [-0.2, 0) is 6.54 Å². The minimum atomic E-state index is 0.214. The SMILES string of the molecule is CCNCc1c(Cl)cccc1SC(C)(C)C. The molecule has 90 valence electrons. The molecule has 0 aliphatic carbocycles. The molecule has 0 aliphatic rings. The van der Waals surface area contributed by atoms with E-state index < -0.39 is 0 Å². The van der Waals surface area contributed by atoms with Crippen LogP contribution in [0.15, 0.2) is 23.1 Å². The molecule has 0 saturated heterocycles. The summed E-state index contributed by atoms with van der Waals surface area (Å²) < 4.78 is 0.214. The summed E-state index contributed by atoms with van der Waals surface area (Å²) in [5.74, 6) is 0. The maximum absolute atomic E-state index is 6.24. The van der Waals surface area contributed by atoms with Gasteiger partial charge in [0.05, 0.1) is 0 Å². The summed E-state index contributed by atoms with van der Waals surface area (Å²) in [4.78, 5) is 1.28. The van der Waals surface area contributed by atoms with Crippen LogP contribution in [0, 0.1) is 0 Å². The third-order valence-corrected chi connectivity index (χ3v) is 3.61. The Morgan fingerprint density at radius 2 is 2.00 bits per heavy atom. The lowest BCUT2D eigenvalue weighted by Crippen LogP contribution is -2.14. The van der Waals surface area contributed by atoms with Crippen LogP contribution in [0.25, 0.3) is 0 Å². The zero-order valence-corrected chi connectivity index (χ0v) is 12.0. The van der Waals surface area contributed by atoms with E-state index in [4.69, 9.17) is 11.6 Å². The summed E-state index contributed by atoms with van der Waals surface area (Å²) in [6.07, 6.45) is 0. The van der Waals surface area contributed by atoms with Crippen molar-refractivity contribution >= 4 is 23.4 Å². The van der Waals surface area contributed by atoms with Gasteiger partial charge in [-0.1, -0.05) is 45.4 Å². The van der Waals surface area contributed by atoms with E-state index in [0.717, 1.165) is 18.1 Å². The van der Waals surface area contributed by atoms with Crippen molar-refractivity contribution in [3.8, 4) is 0 Å². The molecule has 0 amide bonds. The van der Waals surface area contributed by atoms with Gasteiger partial charge >= 0.3 is 0 Å². The third kappa shape index (κ3) is 4.36. The lowest BCUT2D eigenvalue weighted by molar-refractivity contribution is 0.716. The maximum Gasteiger partial charge on any atom is 0.0462 e. The van der Waals surface area contributed by atoms with E-state index in [-0.39, 0.29) is 4.75 Å². The first kappa shape index (κ1) is 13.9. The molecule has 3 heteroatoms. The standard InChI is InChI=1S/C13H20ClNS/c1-5-15-9-10-11(14)7-6-8-12(10)16-13(2,3)4/h6-8,15H,5,9H2,1-4H3. The molecule has 1 N–H and O–H groups in total. The highest BCUT2D eigenvalue weighted by atomic mass is 35.5. The molecule has 1 rings (SSSR count). The van der Waals surface area contributed by atoms with Gasteiger partial charge in [-0.2, -0.15) is 0 Å². The van der Waals surface area contributed by atoms with Crippen LogP contribution in [0.5, 0.6) is 0 Å². The summed E-state index contributed by atoms with van der Waals surface area (Å²) in [5.41, 5.74) is 1.21. The molecule has 0 unspecified atom stereocenters. The average Bonchev–Trinajstić information content (AvgIpc) is 2.14. The van der Waals surface area contributed by atoms with E-state index in [9.17, 15) is 0 Å². The van der Waals surface area contributed by atoms with E-state index in [1.54, 1.807) is 0 Å². The van der Waals surface area contributed by atoms with Gasteiger partial charge in [-0.25, -0.2) is 0 Å². The first-order chi connectivity index (χ1) is 7.44. The predicted octanol–water partition coefficient (Wildman–Crippen LogP) is 4.34. The van der Waals surface area contributed by atoms with Gasteiger partial charge in [0, 0.05) is 21.2 Å². The van der Waals surface area contributed by atoms with Crippen molar-refractivity contribution in [3.05, 3.63) is 28.8 Å². The summed E-state index contributed by atoms with van der Waals surface area (Å²) in [7, 11) is 0. The number of nitrogens with one attached hydrogen (secondary N) is 1. The van der Waals surface area contributed by atoms with Gasteiger partial charge in [-0.3, -0.25) is 0 Å². The highest BCUT2D eigenvalue weighted by Crippen LogP contribution is 2.36. The summed E-state index contributed by atoms with van der Waals surface area (Å²) in [6.45, 7) is 10.6. The predicted molar refractivity (Wildman–Crippen MR) is 74.4 cm³/mol. The van der Waals surface area contributed by atoms with Crippen molar-refractivity contribution < 1.29 is 0 Å². The Morgan fingerprint density at radius 1 is 1.31 bits per heavy atom. The number of thioether (sulfide) groups is 1. The topological polar surface area (TPSA) is 12.0 Å². The number of halogens is 1. The number of rotatable bonds is 4. The zero-order valence-electron chi connectivity index (χ0n) is 10.4. The first-order valence-electron chi connectivity index (χ1n) is 5.61.